The summed E-state index contributed by atoms with van der Waals surface area (Å²) in [6, 6.07) is 0. The van der Waals surface area contributed by atoms with Gasteiger partial charge in [-0.25, -0.2) is 18.1 Å². The molecule has 1 aliphatic heterocycles. The highest BCUT2D eigenvalue weighted by molar-refractivity contribution is 7.93. The second-order valence-electron chi connectivity index (χ2n) is 4.54. The number of hydrogen-bond acceptors (Lipinski definition) is 8. The van der Waals surface area contributed by atoms with Gasteiger partial charge in [0, 0.05) is 11.7 Å². The summed E-state index contributed by atoms with van der Waals surface area (Å²) >= 11 is 0. The molecule has 1 amide bonds. The fraction of sp³-hybridized carbons (Fsp3) is 0.500. The number of carbonyl (C=O) groups is 1. The van der Waals surface area contributed by atoms with E-state index in [4.69, 9.17) is 10.5 Å². The number of carbonyl (C=O) groups excluding carboxylic acids is 1. The van der Waals surface area contributed by atoms with E-state index >= 15 is 0 Å². The van der Waals surface area contributed by atoms with E-state index in [9.17, 15) is 23.4 Å². The van der Waals surface area contributed by atoms with Crippen LogP contribution in [0.2, 0.25) is 0 Å². The van der Waals surface area contributed by atoms with E-state index in [1.54, 1.807) is 0 Å². The Morgan fingerprint density at radius 2 is 2.14 bits per heavy atom. The van der Waals surface area contributed by atoms with Crippen molar-refractivity contribution in [2.24, 2.45) is 5.73 Å². The zero-order chi connectivity index (χ0) is 15.8. The molecule has 2 rings (SSSR count). The van der Waals surface area contributed by atoms with Gasteiger partial charge in [0.2, 0.25) is 5.82 Å². The van der Waals surface area contributed by atoms with Crippen molar-refractivity contribution in [2.45, 2.75) is 24.5 Å². The number of amides is 1. The maximum absolute atomic E-state index is 11.0. The lowest BCUT2D eigenvalue weighted by Gasteiger charge is -2.13. The lowest BCUT2D eigenvalue weighted by atomic mass is 10.1. The van der Waals surface area contributed by atoms with Crippen LogP contribution >= 0.6 is 0 Å². The van der Waals surface area contributed by atoms with Crippen LogP contribution < -0.4 is 5.73 Å². The number of ether oxygens (including phenoxy) is 1. The molecule has 10 nitrogen and oxygen atoms in total. The van der Waals surface area contributed by atoms with Gasteiger partial charge in [-0.2, -0.15) is 0 Å². The van der Waals surface area contributed by atoms with E-state index in [0.717, 1.165) is 28.7 Å². The maximum Gasteiger partial charge on any atom is 0.288 e. The van der Waals surface area contributed by atoms with Crippen molar-refractivity contribution in [1.29, 1.82) is 0 Å². The van der Waals surface area contributed by atoms with Crippen molar-refractivity contribution in [1.82, 2.24) is 14.8 Å². The number of hydrogen-bond donors (Lipinski definition) is 3. The Balaban J connectivity index is 2.19. The van der Waals surface area contributed by atoms with Gasteiger partial charge in [0.25, 0.3) is 5.91 Å². The minimum absolute atomic E-state index is 0.268. The molecule has 4 N–H and O–H groups in total. The summed E-state index contributed by atoms with van der Waals surface area (Å²) in [5.41, 5.74) is 5.00. The van der Waals surface area contributed by atoms with Gasteiger partial charge < -0.3 is 20.7 Å². The van der Waals surface area contributed by atoms with Crippen molar-refractivity contribution >= 4 is 15.7 Å². The molecule has 0 radical (unpaired) electrons. The summed E-state index contributed by atoms with van der Waals surface area (Å²) in [5, 5.41) is 24.3. The molecule has 0 saturated carbocycles. The standard InChI is InChI=1S/C10H14N4O6S/c1-21(18,19)3-2-5-6(15)7(16)10(20-5)14-4-12-9(13-14)8(11)17/h2-7,10,15-16H,1H3,(H2,11,17)/b3-2+/t5?,6-,7-,10-/m1/s1. The van der Waals surface area contributed by atoms with Crippen LogP contribution in [-0.4, -0.2) is 63.9 Å². The van der Waals surface area contributed by atoms with E-state index in [0.29, 0.717) is 0 Å². The number of rotatable bonds is 4. The largest absolute Gasteiger partial charge is 0.387 e. The zero-order valence-electron chi connectivity index (χ0n) is 10.9. The summed E-state index contributed by atoms with van der Waals surface area (Å²) < 4.78 is 28.4. The molecule has 11 heteroatoms. The highest BCUT2D eigenvalue weighted by Gasteiger charge is 2.43. The van der Waals surface area contributed by atoms with Crippen LogP contribution in [0, 0.1) is 0 Å². The fourth-order valence-corrected chi connectivity index (χ4v) is 2.23. The number of aliphatic hydroxyl groups excluding tert-OH is 2. The minimum Gasteiger partial charge on any atom is -0.387 e. The molecule has 1 unspecified atom stereocenters. The Kier molecular flexibility index (Phi) is 4.09. The monoisotopic (exact) mass is 318 g/mol. The third-order valence-electron chi connectivity index (χ3n) is 2.78. The van der Waals surface area contributed by atoms with Gasteiger partial charge in [-0.1, -0.05) is 0 Å². The predicted octanol–water partition coefficient (Wildman–Crippen LogP) is -2.45. The number of nitrogens with zero attached hydrogens (tertiary/aromatic N) is 3. The molecule has 1 fully saturated rings. The van der Waals surface area contributed by atoms with Crippen LogP contribution in [0.15, 0.2) is 17.8 Å². The number of sulfone groups is 1. The fourth-order valence-electron chi connectivity index (χ4n) is 1.79. The average molecular weight is 318 g/mol. The number of nitrogens with two attached hydrogens (primary N) is 1. The van der Waals surface area contributed by atoms with Gasteiger partial charge in [-0.3, -0.25) is 4.79 Å². The van der Waals surface area contributed by atoms with Gasteiger partial charge in [0.1, 0.15) is 24.6 Å². The molecule has 1 aromatic heterocycles. The first-order valence-corrected chi connectivity index (χ1v) is 7.75. The minimum atomic E-state index is -3.39. The summed E-state index contributed by atoms with van der Waals surface area (Å²) in [5.74, 6) is -1.12. The molecule has 0 aromatic carbocycles. The van der Waals surface area contributed by atoms with Gasteiger partial charge >= 0.3 is 0 Å². The Hall–Kier alpha value is -1.82. The molecule has 21 heavy (non-hydrogen) atoms. The van der Waals surface area contributed by atoms with Crippen LogP contribution in [0.5, 0.6) is 0 Å². The number of aliphatic hydroxyl groups is 2. The predicted molar refractivity (Wildman–Crippen MR) is 68.4 cm³/mol. The Morgan fingerprint density at radius 3 is 2.67 bits per heavy atom. The Labute approximate surface area is 119 Å². The van der Waals surface area contributed by atoms with E-state index in [1.807, 2.05) is 0 Å². The van der Waals surface area contributed by atoms with Crippen LogP contribution in [0.3, 0.4) is 0 Å². The van der Waals surface area contributed by atoms with E-state index in [1.165, 1.54) is 0 Å². The molecular formula is C10H14N4O6S. The van der Waals surface area contributed by atoms with Gasteiger partial charge in [0.15, 0.2) is 16.1 Å². The topological polar surface area (TPSA) is 158 Å². The van der Waals surface area contributed by atoms with Gasteiger partial charge in [0.05, 0.1) is 0 Å². The molecule has 0 aliphatic carbocycles. The van der Waals surface area contributed by atoms with E-state index in [-0.39, 0.29) is 5.82 Å². The smallest absolute Gasteiger partial charge is 0.288 e. The highest BCUT2D eigenvalue weighted by Crippen LogP contribution is 2.29. The third kappa shape index (κ3) is 3.44. The van der Waals surface area contributed by atoms with E-state index < -0.39 is 40.3 Å². The summed E-state index contributed by atoms with van der Waals surface area (Å²) in [6.07, 6.45) is -1.67. The van der Waals surface area contributed by atoms with Crippen molar-refractivity contribution in [3.05, 3.63) is 23.6 Å². The summed E-state index contributed by atoms with van der Waals surface area (Å²) in [4.78, 5) is 14.5. The zero-order valence-corrected chi connectivity index (χ0v) is 11.7. The second-order valence-corrected chi connectivity index (χ2v) is 6.47. The lowest BCUT2D eigenvalue weighted by molar-refractivity contribution is -0.0346. The van der Waals surface area contributed by atoms with Crippen molar-refractivity contribution in [3.8, 4) is 0 Å². The first-order chi connectivity index (χ1) is 9.69. The quantitative estimate of drug-likeness (QED) is 0.552. The van der Waals surface area contributed by atoms with Gasteiger partial charge in [-0.15, -0.1) is 5.10 Å². The van der Waals surface area contributed by atoms with Crippen LogP contribution in [-0.2, 0) is 14.6 Å². The molecule has 1 aromatic rings. The summed E-state index contributed by atoms with van der Waals surface area (Å²) in [7, 11) is -3.39. The number of primary amides is 1. The molecule has 1 saturated heterocycles. The van der Waals surface area contributed by atoms with Crippen LogP contribution in [0.1, 0.15) is 16.8 Å². The van der Waals surface area contributed by atoms with Crippen LogP contribution in [0.4, 0.5) is 0 Å². The Morgan fingerprint density at radius 1 is 1.48 bits per heavy atom. The van der Waals surface area contributed by atoms with Crippen molar-refractivity contribution in [2.75, 3.05) is 6.26 Å². The van der Waals surface area contributed by atoms with Gasteiger partial charge in [-0.05, 0) is 6.08 Å². The molecule has 0 bridgehead atoms. The van der Waals surface area contributed by atoms with Crippen LogP contribution in [0.25, 0.3) is 0 Å². The molecule has 1 aliphatic rings. The molecule has 4 atom stereocenters. The molecule has 2 heterocycles. The highest BCUT2D eigenvalue weighted by atomic mass is 32.2. The first kappa shape index (κ1) is 15.6. The normalized spacial score (nSPS) is 30.0. The van der Waals surface area contributed by atoms with Crippen molar-refractivity contribution < 1.29 is 28.2 Å². The molecular weight excluding hydrogens is 304 g/mol. The SMILES string of the molecule is CS(=O)(=O)/C=C/C1O[C@@H](n2cnc(C(N)=O)n2)[C@H](O)[C@@H]1O. The lowest BCUT2D eigenvalue weighted by Crippen LogP contribution is -2.31. The maximum atomic E-state index is 11.0. The summed E-state index contributed by atoms with van der Waals surface area (Å²) in [6.45, 7) is 0. The number of aromatic nitrogens is 3. The van der Waals surface area contributed by atoms with E-state index in [2.05, 4.69) is 10.1 Å². The van der Waals surface area contributed by atoms with Crippen molar-refractivity contribution in [3.63, 3.8) is 0 Å². The molecule has 0 spiro atoms. The second kappa shape index (κ2) is 5.52. The average Bonchev–Trinajstić information content (AvgIpc) is 2.94. The first-order valence-electron chi connectivity index (χ1n) is 5.80. The molecule has 116 valence electrons. The third-order valence-corrected chi connectivity index (χ3v) is 3.43. The Bertz CT molecular complexity index is 669.